The summed E-state index contributed by atoms with van der Waals surface area (Å²) in [4.78, 5) is 11.5. The van der Waals surface area contributed by atoms with Gasteiger partial charge >= 0.3 is 0 Å². The lowest BCUT2D eigenvalue weighted by molar-refractivity contribution is -0.115. The van der Waals surface area contributed by atoms with E-state index < -0.39 is 0 Å². The number of aryl methyl sites for hydroxylation is 1. The molecule has 2 aromatic rings. The standard InChI is InChI=1S/C16H17ClN2OS/c1-3-18-16(12-8-21-7-9(12)2)11-4-10-5-15(20)19-14(10)6-13(11)17/h4,6-8,16,18H,3,5H2,1-2H3,(H,19,20). The number of anilines is 1. The first-order valence-electron chi connectivity index (χ1n) is 6.98. The number of nitrogens with one attached hydrogen (secondary N) is 2. The molecule has 0 saturated carbocycles. The van der Waals surface area contributed by atoms with Crippen LogP contribution in [0.15, 0.2) is 22.9 Å². The molecule has 2 heterocycles. The van der Waals surface area contributed by atoms with Crippen molar-refractivity contribution in [2.75, 3.05) is 11.9 Å². The van der Waals surface area contributed by atoms with Crippen molar-refractivity contribution < 1.29 is 4.79 Å². The maximum Gasteiger partial charge on any atom is 0.228 e. The van der Waals surface area contributed by atoms with Crippen LogP contribution in [0.25, 0.3) is 0 Å². The molecule has 21 heavy (non-hydrogen) atoms. The molecular weight excluding hydrogens is 304 g/mol. The maximum atomic E-state index is 11.5. The fourth-order valence-corrected chi connectivity index (χ4v) is 3.90. The van der Waals surface area contributed by atoms with Gasteiger partial charge in [0.15, 0.2) is 0 Å². The van der Waals surface area contributed by atoms with Gasteiger partial charge in [-0.25, -0.2) is 0 Å². The van der Waals surface area contributed by atoms with E-state index in [0.29, 0.717) is 11.4 Å². The van der Waals surface area contributed by atoms with Crippen LogP contribution in [0.2, 0.25) is 5.02 Å². The molecule has 1 unspecified atom stereocenters. The molecule has 0 fully saturated rings. The third-order valence-electron chi connectivity index (χ3n) is 3.77. The zero-order valence-electron chi connectivity index (χ0n) is 12.0. The van der Waals surface area contributed by atoms with E-state index in [9.17, 15) is 4.79 Å². The SMILES string of the molecule is CCNC(c1cscc1C)c1cc2c(cc1Cl)NC(=O)C2. The molecule has 3 nitrogen and oxygen atoms in total. The molecule has 2 N–H and O–H groups in total. The van der Waals surface area contributed by atoms with Gasteiger partial charge in [-0.05, 0) is 58.6 Å². The summed E-state index contributed by atoms with van der Waals surface area (Å²) in [5, 5.41) is 11.3. The zero-order chi connectivity index (χ0) is 15.0. The van der Waals surface area contributed by atoms with E-state index in [1.165, 1.54) is 11.1 Å². The molecule has 1 aliphatic heterocycles. The summed E-state index contributed by atoms with van der Waals surface area (Å²) in [5.41, 5.74) is 5.41. The van der Waals surface area contributed by atoms with Gasteiger partial charge in [0.05, 0.1) is 12.5 Å². The summed E-state index contributed by atoms with van der Waals surface area (Å²) in [5.74, 6) is 0.0323. The second kappa shape index (κ2) is 5.79. The van der Waals surface area contributed by atoms with E-state index in [-0.39, 0.29) is 11.9 Å². The van der Waals surface area contributed by atoms with E-state index in [2.05, 4.69) is 41.3 Å². The Balaban J connectivity index is 2.07. The smallest absolute Gasteiger partial charge is 0.228 e. The van der Waals surface area contributed by atoms with Gasteiger partial charge in [0.1, 0.15) is 0 Å². The summed E-state index contributed by atoms with van der Waals surface area (Å²) >= 11 is 8.16. The Labute approximate surface area is 133 Å². The van der Waals surface area contributed by atoms with Crippen LogP contribution in [0.1, 0.15) is 35.2 Å². The number of carbonyl (C=O) groups is 1. The predicted octanol–water partition coefficient (Wildman–Crippen LogP) is 3.90. The summed E-state index contributed by atoms with van der Waals surface area (Å²) in [7, 11) is 0. The Bertz CT molecular complexity index is 696. The van der Waals surface area contributed by atoms with Crippen molar-refractivity contribution in [1.29, 1.82) is 0 Å². The van der Waals surface area contributed by atoms with Crippen LogP contribution in [0, 0.1) is 6.92 Å². The van der Waals surface area contributed by atoms with Gasteiger partial charge in [-0.15, -0.1) is 0 Å². The Morgan fingerprint density at radius 3 is 2.86 bits per heavy atom. The summed E-state index contributed by atoms with van der Waals surface area (Å²) < 4.78 is 0. The maximum absolute atomic E-state index is 11.5. The predicted molar refractivity (Wildman–Crippen MR) is 88.4 cm³/mol. The van der Waals surface area contributed by atoms with Gasteiger partial charge in [-0.1, -0.05) is 18.5 Å². The lowest BCUT2D eigenvalue weighted by Crippen LogP contribution is -2.22. The highest BCUT2D eigenvalue weighted by atomic mass is 35.5. The molecule has 1 atom stereocenters. The average Bonchev–Trinajstić information content (AvgIpc) is 3.00. The molecule has 0 saturated heterocycles. The zero-order valence-corrected chi connectivity index (χ0v) is 13.6. The van der Waals surface area contributed by atoms with Crippen molar-refractivity contribution in [2.24, 2.45) is 0 Å². The number of carbonyl (C=O) groups excluding carboxylic acids is 1. The number of hydrogen-bond acceptors (Lipinski definition) is 3. The first kappa shape index (κ1) is 14.6. The fraction of sp³-hybridized carbons (Fsp3) is 0.312. The van der Waals surface area contributed by atoms with E-state index in [1.807, 2.05) is 6.07 Å². The van der Waals surface area contributed by atoms with Crippen molar-refractivity contribution in [3.05, 3.63) is 50.2 Å². The molecule has 1 amide bonds. The van der Waals surface area contributed by atoms with Crippen LogP contribution in [0.3, 0.4) is 0 Å². The molecule has 0 aliphatic carbocycles. The molecular formula is C16H17ClN2OS. The summed E-state index contributed by atoms with van der Waals surface area (Å²) in [6.07, 6.45) is 0.432. The summed E-state index contributed by atoms with van der Waals surface area (Å²) in [6, 6.07) is 3.98. The van der Waals surface area contributed by atoms with E-state index in [1.54, 1.807) is 11.3 Å². The van der Waals surface area contributed by atoms with Crippen LogP contribution in [0.5, 0.6) is 0 Å². The van der Waals surface area contributed by atoms with Gasteiger partial charge in [0.2, 0.25) is 5.91 Å². The Morgan fingerprint density at radius 1 is 1.38 bits per heavy atom. The molecule has 0 spiro atoms. The lowest BCUT2D eigenvalue weighted by atomic mass is 9.96. The summed E-state index contributed by atoms with van der Waals surface area (Å²) in [6.45, 7) is 5.05. The van der Waals surface area contributed by atoms with E-state index in [4.69, 9.17) is 11.6 Å². The number of halogens is 1. The first-order valence-corrected chi connectivity index (χ1v) is 8.30. The Kier molecular flexibility index (Phi) is 4.02. The Hall–Kier alpha value is -1.36. The molecule has 1 aliphatic rings. The van der Waals surface area contributed by atoms with E-state index >= 15 is 0 Å². The molecule has 0 radical (unpaired) electrons. The minimum Gasteiger partial charge on any atom is -0.325 e. The van der Waals surface area contributed by atoms with Gasteiger partial charge < -0.3 is 10.6 Å². The first-order chi connectivity index (χ1) is 10.1. The van der Waals surface area contributed by atoms with Crippen molar-refractivity contribution in [1.82, 2.24) is 5.32 Å². The van der Waals surface area contributed by atoms with Crippen molar-refractivity contribution in [3.8, 4) is 0 Å². The van der Waals surface area contributed by atoms with Gasteiger partial charge in [0, 0.05) is 10.7 Å². The third-order valence-corrected chi connectivity index (χ3v) is 4.98. The monoisotopic (exact) mass is 320 g/mol. The Morgan fingerprint density at radius 2 is 2.19 bits per heavy atom. The highest BCUT2D eigenvalue weighted by Crippen LogP contribution is 2.36. The van der Waals surface area contributed by atoms with Crippen LogP contribution < -0.4 is 10.6 Å². The van der Waals surface area contributed by atoms with Crippen LogP contribution in [-0.2, 0) is 11.2 Å². The van der Waals surface area contributed by atoms with Gasteiger partial charge in [0.25, 0.3) is 0 Å². The minimum atomic E-state index is 0.0323. The second-order valence-corrected chi connectivity index (χ2v) is 6.41. The molecule has 1 aromatic carbocycles. The number of fused-ring (bicyclic) bond motifs is 1. The lowest BCUT2D eigenvalue weighted by Gasteiger charge is -2.21. The third kappa shape index (κ3) is 2.71. The van der Waals surface area contributed by atoms with Crippen LogP contribution in [0.4, 0.5) is 5.69 Å². The molecule has 110 valence electrons. The highest BCUT2D eigenvalue weighted by molar-refractivity contribution is 7.08. The number of rotatable bonds is 4. The van der Waals surface area contributed by atoms with Crippen LogP contribution in [-0.4, -0.2) is 12.5 Å². The fourth-order valence-electron chi connectivity index (χ4n) is 2.75. The number of hydrogen-bond donors (Lipinski definition) is 2. The number of benzene rings is 1. The number of thiophene rings is 1. The molecule has 0 bridgehead atoms. The van der Waals surface area contributed by atoms with Gasteiger partial charge in [-0.2, -0.15) is 11.3 Å². The molecule has 3 rings (SSSR count). The van der Waals surface area contributed by atoms with Crippen molar-refractivity contribution in [2.45, 2.75) is 26.3 Å². The van der Waals surface area contributed by atoms with E-state index in [0.717, 1.165) is 23.4 Å². The highest BCUT2D eigenvalue weighted by Gasteiger charge is 2.24. The second-order valence-electron chi connectivity index (χ2n) is 5.26. The largest absolute Gasteiger partial charge is 0.325 e. The van der Waals surface area contributed by atoms with Crippen LogP contribution >= 0.6 is 22.9 Å². The molecule has 5 heteroatoms. The van der Waals surface area contributed by atoms with Crippen molar-refractivity contribution >= 4 is 34.5 Å². The normalized spacial score (nSPS) is 14.9. The average molecular weight is 321 g/mol. The van der Waals surface area contributed by atoms with Crippen molar-refractivity contribution in [3.63, 3.8) is 0 Å². The topological polar surface area (TPSA) is 41.1 Å². The quantitative estimate of drug-likeness (QED) is 0.897. The number of amides is 1. The van der Waals surface area contributed by atoms with Gasteiger partial charge in [-0.3, -0.25) is 4.79 Å². The molecule has 1 aromatic heterocycles. The minimum absolute atomic E-state index is 0.0323.